The number of nitrogens with zero attached hydrogens (tertiary/aromatic N) is 4. The van der Waals surface area contributed by atoms with E-state index in [-0.39, 0.29) is 11.7 Å². The van der Waals surface area contributed by atoms with Crippen molar-refractivity contribution in [3.05, 3.63) is 36.5 Å². The largest absolute Gasteiger partial charge is 0.369 e. The van der Waals surface area contributed by atoms with Crippen molar-refractivity contribution in [2.24, 2.45) is 12.8 Å². The zero-order valence-electron chi connectivity index (χ0n) is 11.4. The Balaban J connectivity index is 1.97. The number of aromatic nitrogens is 4. The molecule has 3 rings (SSSR count). The first-order valence-electron chi connectivity index (χ1n) is 6.31. The zero-order chi connectivity index (χ0) is 14.8. The fourth-order valence-corrected chi connectivity index (χ4v) is 2.69. The fraction of sp³-hybridized carbons (Fsp3) is 0.143. The molecule has 0 saturated heterocycles. The molecular formula is C14H13N5OS. The van der Waals surface area contributed by atoms with Gasteiger partial charge >= 0.3 is 0 Å². The lowest BCUT2D eigenvalue weighted by Crippen LogP contribution is -2.13. The number of pyridine rings is 1. The van der Waals surface area contributed by atoms with Crippen molar-refractivity contribution in [1.29, 1.82) is 0 Å². The number of nitrogens with two attached hydrogens (primary N) is 1. The van der Waals surface area contributed by atoms with Crippen molar-refractivity contribution in [3.8, 4) is 11.4 Å². The summed E-state index contributed by atoms with van der Waals surface area (Å²) in [6, 6.07) is 9.84. The van der Waals surface area contributed by atoms with Crippen LogP contribution in [0.25, 0.3) is 22.3 Å². The van der Waals surface area contributed by atoms with Gasteiger partial charge in [0, 0.05) is 24.2 Å². The Morgan fingerprint density at radius 2 is 2.19 bits per heavy atom. The maximum Gasteiger partial charge on any atom is 0.227 e. The third kappa shape index (κ3) is 2.73. The average molecular weight is 299 g/mol. The van der Waals surface area contributed by atoms with Gasteiger partial charge in [-0.15, -0.1) is 10.2 Å². The molecule has 0 aliphatic carbocycles. The van der Waals surface area contributed by atoms with E-state index >= 15 is 0 Å². The van der Waals surface area contributed by atoms with E-state index in [1.165, 1.54) is 11.8 Å². The minimum absolute atomic E-state index is 0.188. The van der Waals surface area contributed by atoms with Crippen LogP contribution in [0.1, 0.15) is 0 Å². The highest BCUT2D eigenvalue weighted by atomic mass is 32.2. The summed E-state index contributed by atoms with van der Waals surface area (Å²) < 4.78 is 1.85. The minimum atomic E-state index is -0.374. The Kier molecular flexibility index (Phi) is 3.57. The van der Waals surface area contributed by atoms with Crippen LogP contribution in [0.5, 0.6) is 0 Å². The van der Waals surface area contributed by atoms with E-state index in [9.17, 15) is 4.79 Å². The number of thioether (sulfide) groups is 1. The van der Waals surface area contributed by atoms with Crippen LogP contribution in [0.2, 0.25) is 0 Å². The normalized spacial score (nSPS) is 10.9. The Bertz CT molecular complexity index is 814. The lowest BCUT2D eigenvalue weighted by atomic mass is 10.1. The van der Waals surface area contributed by atoms with Gasteiger partial charge in [-0.25, -0.2) is 0 Å². The zero-order valence-corrected chi connectivity index (χ0v) is 12.2. The number of amides is 1. The minimum Gasteiger partial charge on any atom is -0.369 e. The predicted molar refractivity (Wildman–Crippen MR) is 81.7 cm³/mol. The molecule has 0 atom stereocenters. The first-order valence-corrected chi connectivity index (χ1v) is 7.29. The maximum absolute atomic E-state index is 10.8. The number of fused-ring (bicyclic) bond motifs is 1. The van der Waals surface area contributed by atoms with Gasteiger partial charge in [-0.3, -0.25) is 9.78 Å². The van der Waals surface area contributed by atoms with Crippen LogP contribution in [0, 0.1) is 0 Å². The van der Waals surface area contributed by atoms with Gasteiger partial charge in [-0.1, -0.05) is 17.8 Å². The summed E-state index contributed by atoms with van der Waals surface area (Å²) in [6.45, 7) is 0. The molecule has 0 radical (unpaired) electrons. The van der Waals surface area contributed by atoms with Gasteiger partial charge in [0.05, 0.1) is 11.3 Å². The summed E-state index contributed by atoms with van der Waals surface area (Å²) in [5.41, 5.74) is 7.04. The third-order valence-electron chi connectivity index (χ3n) is 3.04. The van der Waals surface area contributed by atoms with E-state index in [1.54, 1.807) is 6.20 Å². The molecule has 7 heteroatoms. The summed E-state index contributed by atoms with van der Waals surface area (Å²) in [5, 5.41) is 9.99. The average Bonchev–Trinajstić information content (AvgIpc) is 2.85. The van der Waals surface area contributed by atoms with Crippen molar-refractivity contribution >= 4 is 28.6 Å². The molecule has 1 aromatic carbocycles. The molecule has 0 unspecified atom stereocenters. The fourth-order valence-electron chi connectivity index (χ4n) is 2.04. The molecule has 2 aromatic heterocycles. The van der Waals surface area contributed by atoms with Crippen LogP contribution < -0.4 is 5.73 Å². The van der Waals surface area contributed by atoms with Gasteiger partial charge in [0.15, 0.2) is 11.0 Å². The molecular weight excluding hydrogens is 286 g/mol. The smallest absolute Gasteiger partial charge is 0.227 e. The topological polar surface area (TPSA) is 86.7 Å². The Labute approximate surface area is 125 Å². The molecule has 21 heavy (non-hydrogen) atoms. The monoisotopic (exact) mass is 299 g/mol. The van der Waals surface area contributed by atoms with Crippen LogP contribution >= 0.6 is 11.8 Å². The summed E-state index contributed by atoms with van der Waals surface area (Å²) in [6.07, 6.45) is 1.77. The van der Waals surface area contributed by atoms with Crippen LogP contribution in [0.15, 0.2) is 41.7 Å². The van der Waals surface area contributed by atoms with Crippen molar-refractivity contribution in [2.45, 2.75) is 5.16 Å². The molecule has 106 valence electrons. The van der Waals surface area contributed by atoms with Gasteiger partial charge in [0.25, 0.3) is 0 Å². The number of rotatable bonds is 4. The summed E-state index contributed by atoms with van der Waals surface area (Å²) >= 11 is 1.28. The van der Waals surface area contributed by atoms with Crippen molar-refractivity contribution in [2.75, 3.05) is 5.75 Å². The van der Waals surface area contributed by atoms with Crippen LogP contribution in [-0.4, -0.2) is 31.4 Å². The molecule has 0 spiro atoms. The molecule has 2 N–H and O–H groups in total. The van der Waals surface area contributed by atoms with Gasteiger partial charge in [0.2, 0.25) is 5.91 Å². The first kappa shape index (κ1) is 13.6. The molecule has 1 amide bonds. The van der Waals surface area contributed by atoms with E-state index in [4.69, 9.17) is 5.73 Å². The number of carbonyl (C=O) groups excluding carboxylic acids is 1. The molecule has 6 nitrogen and oxygen atoms in total. The Hall–Kier alpha value is -2.41. The summed E-state index contributed by atoms with van der Waals surface area (Å²) in [4.78, 5) is 15.1. The second-order valence-electron chi connectivity index (χ2n) is 4.53. The lowest BCUT2D eigenvalue weighted by molar-refractivity contribution is -0.115. The Morgan fingerprint density at radius 3 is 3.00 bits per heavy atom. The van der Waals surface area contributed by atoms with Gasteiger partial charge in [0.1, 0.15) is 0 Å². The second-order valence-corrected chi connectivity index (χ2v) is 5.47. The standard InChI is InChI=1S/C14H13N5OS/c1-19-13(17-18-14(19)21-8-12(15)20)10-4-5-11-9(7-10)3-2-6-16-11/h2-7H,8H2,1H3,(H2,15,20). The van der Waals surface area contributed by atoms with Crippen LogP contribution in [0.4, 0.5) is 0 Å². The number of carbonyl (C=O) groups is 1. The molecule has 3 aromatic rings. The molecule has 0 saturated carbocycles. The Morgan fingerprint density at radius 1 is 1.33 bits per heavy atom. The third-order valence-corrected chi connectivity index (χ3v) is 4.08. The second kappa shape index (κ2) is 5.53. The van der Waals surface area contributed by atoms with Crippen molar-refractivity contribution in [3.63, 3.8) is 0 Å². The summed E-state index contributed by atoms with van der Waals surface area (Å²) in [5.74, 6) is 0.558. The molecule has 0 aliphatic rings. The van der Waals surface area contributed by atoms with E-state index in [1.807, 2.05) is 41.9 Å². The van der Waals surface area contributed by atoms with Crippen molar-refractivity contribution < 1.29 is 4.79 Å². The highest BCUT2D eigenvalue weighted by molar-refractivity contribution is 7.99. The van der Waals surface area contributed by atoms with E-state index in [2.05, 4.69) is 15.2 Å². The number of primary amides is 1. The highest BCUT2D eigenvalue weighted by Gasteiger charge is 2.12. The van der Waals surface area contributed by atoms with Gasteiger partial charge < -0.3 is 10.3 Å². The van der Waals surface area contributed by atoms with E-state index in [0.29, 0.717) is 5.16 Å². The quantitative estimate of drug-likeness (QED) is 0.740. The van der Waals surface area contributed by atoms with Crippen LogP contribution in [-0.2, 0) is 11.8 Å². The van der Waals surface area contributed by atoms with Crippen molar-refractivity contribution in [1.82, 2.24) is 19.7 Å². The molecule has 0 fully saturated rings. The predicted octanol–water partition coefficient (Wildman–Crippen LogP) is 1.61. The van der Waals surface area contributed by atoms with Crippen LogP contribution in [0.3, 0.4) is 0 Å². The molecule has 2 heterocycles. The SMILES string of the molecule is Cn1c(SCC(N)=O)nnc1-c1ccc2ncccc2c1. The maximum atomic E-state index is 10.8. The number of hydrogen-bond donors (Lipinski definition) is 1. The number of hydrogen-bond acceptors (Lipinski definition) is 5. The molecule has 0 bridgehead atoms. The molecule has 0 aliphatic heterocycles. The summed E-state index contributed by atoms with van der Waals surface area (Å²) in [7, 11) is 1.87. The van der Waals surface area contributed by atoms with Gasteiger partial charge in [-0.05, 0) is 24.3 Å². The lowest BCUT2D eigenvalue weighted by Gasteiger charge is -2.04. The van der Waals surface area contributed by atoms with E-state index in [0.717, 1.165) is 22.3 Å². The first-order chi connectivity index (χ1) is 10.1. The van der Waals surface area contributed by atoms with Gasteiger partial charge in [-0.2, -0.15) is 0 Å². The van der Waals surface area contributed by atoms with E-state index < -0.39 is 0 Å². The highest BCUT2D eigenvalue weighted by Crippen LogP contribution is 2.25. The number of benzene rings is 1.